The molecule has 0 atom stereocenters. The Morgan fingerprint density at radius 2 is 2.31 bits per heavy atom. The van der Waals surface area contributed by atoms with Gasteiger partial charge in [-0.1, -0.05) is 0 Å². The third kappa shape index (κ3) is 2.90. The highest BCUT2D eigenvalue weighted by Gasteiger charge is 2.11. The van der Waals surface area contributed by atoms with Crippen LogP contribution < -0.4 is 5.73 Å². The van der Waals surface area contributed by atoms with Crippen molar-refractivity contribution < 1.29 is 4.74 Å². The van der Waals surface area contributed by atoms with Crippen LogP contribution in [0.4, 0.5) is 0 Å². The summed E-state index contributed by atoms with van der Waals surface area (Å²) in [5, 5.41) is 7.72. The van der Waals surface area contributed by atoms with E-state index >= 15 is 0 Å². The minimum atomic E-state index is 0.469. The second-order valence-corrected chi connectivity index (χ2v) is 3.49. The molecular weight excluding hydrogens is 206 g/mol. The summed E-state index contributed by atoms with van der Waals surface area (Å²) in [5.74, 6) is 0.550. The second kappa shape index (κ2) is 5.41. The predicted molar refractivity (Wildman–Crippen MR) is 59.8 cm³/mol. The Bertz CT molecular complexity index is 347. The Morgan fingerprint density at radius 1 is 1.50 bits per heavy atom. The Labute approximate surface area is 94.1 Å². The Morgan fingerprint density at radius 3 is 3.00 bits per heavy atom. The summed E-state index contributed by atoms with van der Waals surface area (Å²) in [6.07, 6.45) is 1.64. The Hall–Kier alpha value is -1.69. The number of hydrogen-bond acceptors (Lipinski definition) is 4. The van der Waals surface area contributed by atoms with Gasteiger partial charge < -0.3 is 15.4 Å². The normalized spacial score (nSPS) is 17.5. The molecule has 0 bridgehead atoms. The topological polar surface area (TPSA) is 76.6 Å². The fraction of sp³-hybridized carbons (Fsp3) is 0.500. The first kappa shape index (κ1) is 10.8. The molecule has 0 radical (unpaired) electrons. The van der Waals surface area contributed by atoms with Crippen LogP contribution in [0.2, 0.25) is 0 Å². The minimum Gasteiger partial charge on any atom is -0.378 e. The minimum absolute atomic E-state index is 0.469. The molecule has 0 amide bonds. The molecule has 6 nitrogen and oxygen atoms in total. The number of aliphatic imine (C=N–C) groups is 1. The van der Waals surface area contributed by atoms with Crippen LogP contribution >= 0.6 is 0 Å². The fourth-order valence-corrected chi connectivity index (χ4v) is 1.47. The van der Waals surface area contributed by atoms with Gasteiger partial charge in [-0.2, -0.15) is 10.2 Å². The molecule has 0 aliphatic carbocycles. The van der Waals surface area contributed by atoms with Crippen molar-refractivity contribution in [2.75, 3.05) is 26.3 Å². The highest BCUT2D eigenvalue weighted by atomic mass is 16.5. The number of rotatable bonds is 2. The second-order valence-electron chi connectivity index (χ2n) is 3.49. The zero-order valence-electron chi connectivity index (χ0n) is 9.04. The molecule has 16 heavy (non-hydrogen) atoms. The number of morpholine rings is 1. The number of guanidine groups is 1. The Kier molecular flexibility index (Phi) is 3.66. The van der Waals surface area contributed by atoms with Crippen LogP contribution in [0.1, 0.15) is 5.69 Å². The summed E-state index contributed by atoms with van der Waals surface area (Å²) in [6, 6.07) is 3.71. The van der Waals surface area contributed by atoms with Gasteiger partial charge in [0.25, 0.3) is 0 Å². The van der Waals surface area contributed by atoms with Crippen LogP contribution in [0.15, 0.2) is 23.3 Å². The lowest BCUT2D eigenvalue weighted by atomic mass is 10.4. The maximum absolute atomic E-state index is 5.87. The molecule has 0 spiro atoms. The van der Waals surface area contributed by atoms with Crippen LogP contribution in [0.5, 0.6) is 0 Å². The van der Waals surface area contributed by atoms with Gasteiger partial charge in [0.05, 0.1) is 25.5 Å². The van der Waals surface area contributed by atoms with Crippen molar-refractivity contribution in [1.82, 2.24) is 15.1 Å². The summed E-state index contributed by atoms with van der Waals surface area (Å²) < 4.78 is 5.24. The lowest BCUT2D eigenvalue weighted by Crippen LogP contribution is -2.44. The van der Waals surface area contributed by atoms with Crippen molar-refractivity contribution in [2.24, 2.45) is 10.7 Å². The van der Waals surface area contributed by atoms with E-state index in [4.69, 9.17) is 10.5 Å². The standard InChI is InChI=1S/C10H15N5O/c11-10(15-4-6-16-7-5-15)12-8-9-2-1-3-13-14-9/h1-3H,4-8H2,(H2,11,12). The fourth-order valence-electron chi connectivity index (χ4n) is 1.47. The van der Waals surface area contributed by atoms with E-state index < -0.39 is 0 Å². The zero-order chi connectivity index (χ0) is 11.2. The van der Waals surface area contributed by atoms with Gasteiger partial charge in [0.1, 0.15) is 0 Å². The summed E-state index contributed by atoms with van der Waals surface area (Å²) >= 11 is 0. The van der Waals surface area contributed by atoms with Gasteiger partial charge in [-0.3, -0.25) is 0 Å². The van der Waals surface area contributed by atoms with Crippen LogP contribution in [-0.2, 0) is 11.3 Å². The molecule has 2 heterocycles. The molecule has 2 rings (SSSR count). The third-order valence-electron chi connectivity index (χ3n) is 2.37. The molecule has 0 saturated carbocycles. The molecule has 1 aliphatic rings. The number of nitrogens with two attached hydrogens (primary N) is 1. The molecule has 0 aromatic carbocycles. The van der Waals surface area contributed by atoms with Crippen LogP contribution in [0, 0.1) is 0 Å². The van der Waals surface area contributed by atoms with Crippen molar-refractivity contribution in [2.45, 2.75) is 6.54 Å². The molecule has 0 unspecified atom stereocenters. The van der Waals surface area contributed by atoms with Gasteiger partial charge in [0, 0.05) is 19.3 Å². The predicted octanol–water partition coefficient (Wildman–Crippen LogP) is -0.377. The van der Waals surface area contributed by atoms with Gasteiger partial charge >= 0.3 is 0 Å². The van der Waals surface area contributed by atoms with Gasteiger partial charge in [-0.25, -0.2) is 4.99 Å². The van der Waals surface area contributed by atoms with Crippen molar-refractivity contribution >= 4 is 5.96 Å². The van der Waals surface area contributed by atoms with Crippen LogP contribution in [0.25, 0.3) is 0 Å². The largest absolute Gasteiger partial charge is 0.378 e. The maximum atomic E-state index is 5.87. The first-order chi connectivity index (χ1) is 7.86. The number of hydrogen-bond donors (Lipinski definition) is 1. The van der Waals surface area contributed by atoms with E-state index in [-0.39, 0.29) is 0 Å². The molecule has 1 fully saturated rings. The van der Waals surface area contributed by atoms with Crippen LogP contribution in [0.3, 0.4) is 0 Å². The summed E-state index contributed by atoms with van der Waals surface area (Å²) in [5.41, 5.74) is 6.69. The summed E-state index contributed by atoms with van der Waals surface area (Å²) in [7, 11) is 0. The van der Waals surface area contributed by atoms with Gasteiger partial charge in [0.15, 0.2) is 5.96 Å². The average Bonchev–Trinajstić information content (AvgIpc) is 2.38. The number of nitrogens with zero attached hydrogens (tertiary/aromatic N) is 4. The molecule has 6 heteroatoms. The van der Waals surface area contributed by atoms with E-state index in [1.807, 2.05) is 17.0 Å². The third-order valence-corrected chi connectivity index (χ3v) is 2.37. The molecule has 2 N–H and O–H groups in total. The van der Waals surface area contributed by atoms with E-state index in [1.54, 1.807) is 6.20 Å². The molecule has 1 aromatic rings. The van der Waals surface area contributed by atoms with E-state index in [0.717, 1.165) is 18.8 Å². The average molecular weight is 221 g/mol. The maximum Gasteiger partial charge on any atom is 0.191 e. The first-order valence-corrected chi connectivity index (χ1v) is 5.25. The SMILES string of the molecule is NC(=NCc1cccnn1)N1CCOCC1. The van der Waals surface area contributed by atoms with Crippen molar-refractivity contribution in [3.05, 3.63) is 24.0 Å². The Balaban J connectivity index is 1.91. The summed E-state index contributed by atoms with van der Waals surface area (Å²) in [6.45, 7) is 3.49. The van der Waals surface area contributed by atoms with E-state index in [0.29, 0.717) is 25.7 Å². The number of aromatic nitrogens is 2. The smallest absolute Gasteiger partial charge is 0.191 e. The lowest BCUT2D eigenvalue weighted by Gasteiger charge is -2.27. The quantitative estimate of drug-likeness (QED) is 0.544. The van der Waals surface area contributed by atoms with Gasteiger partial charge in [-0.15, -0.1) is 0 Å². The lowest BCUT2D eigenvalue weighted by molar-refractivity contribution is 0.0674. The van der Waals surface area contributed by atoms with Gasteiger partial charge in [0.2, 0.25) is 0 Å². The van der Waals surface area contributed by atoms with E-state index in [2.05, 4.69) is 15.2 Å². The van der Waals surface area contributed by atoms with Crippen molar-refractivity contribution in [3.8, 4) is 0 Å². The molecular formula is C10H15N5O. The molecule has 1 saturated heterocycles. The summed E-state index contributed by atoms with van der Waals surface area (Å²) in [4.78, 5) is 6.29. The monoisotopic (exact) mass is 221 g/mol. The molecule has 86 valence electrons. The van der Waals surface area contributed by atoms with Crippen molar-refractivity contribution in [3.63, 3.8) is 0 Å². The van der Waals surface area contributed by atoms with Crippen LogP contribution in [-0.4, -0.2) is 47.4 Å². The van der Waals surface area contributed by atoms with E-state index in [1.165, 1.54) is 0 Å². The van der Waals surface area contributed by atoms with Gasteiger partial charge in [-0.05, 0) is 12.1 Å². The first-order valence-electron chi connectivity index (χ1n) is 5.25. The van der Waals surface area contributed by atoms with E-state index in [9.17, 15) is 0 Å². The van der Waals surface area contributed by atoms with Crippen molar-refractivity contribution in [1.29, 1.82) is 0 Å². The highest BCUT2D eigenvalue weighted by Crippen LogP contribution is 1.98. The zero-order valence-corrected chi connectivity index (χ0v) is 9.04. The molecule has 1 aromatic heterocycles. The number of ether oxygens (including phenoxy) is 1. The highest BCUT2D eigenvalue weighted by molar-refractivity contribution is 5.78. The molecule has 1 aliphatic heterocycles.